The van der Waals surface area contributed by atoms with E-state index < -0.39 is 11.9 Å². The average Bonchev–Trinajstić information content (AvgIpc) is 2.99. The fourth-order valence-corrected chi connectivity index (χ4v) is 4.90. The molecule has 0 saturated carbocycles. The Morgan fingerprint density at radius 2 is 1.91 bits per heavy atom. The van der Waals surface area contributed by atoms with Crippen molar-refractivity contribution in [3.63, 3.8) is 0 Å². The van der Waals surface area contributed by atoms with E-state index in [1.165, 1.54) is 9.24 Å². The molecule has 1 aromatic carbocycles. The number of alkyl halides is 1. The molecule has 10 heteroatoms. The van der Waals surface area contributed by atoms with Crippen molar-refractivity contribution in [2.75, 3.05) is 42.7 Å². The first-order valence-electron chi connectivity index (χ1n) is 11.2. The van der Waals surface area contributed by atoms with Crippen LogP contribution < -0.4 is 20.9 Å². The highest BCUT2D eigenvalue weighted by Crippen LogP contribution is 2.32. The summed E-state index contributed by atoms with van der Waals surface area (Å²) in [5.41, 5.74) is 1.68. The Balaban J connectivity index is 1.36. The second kappa shape index (κ2) is 8.32. The van der Waals surface area contributed by atoms with Gasteiger partial charge in [-0.05, 0) is 31.5 Å². The highest BCUT2D eigenvalue weighted by atomic mass is 19.1. The topological polar surface area (TPSA) is 88.8 Å². The third-order valence-corrected chi connectivity index (χ3v) is 6.67. The first kappa shape index (κ1) is 21.1. The second-order valence-corrected chi connectivity index (χ2v) is 8.90. The van der Waals surface area contributed by atoms with E-state index in [2.05, 4.69) is 10.2 Å². The first-order valence-corrected chi connectivity index (χ1v) is 11.2. The second-order valence-electron chi connectivity index (χ2n) is 8.90. The van der Waals surface area contributed by atoms with Gasteiger partial charge in [0.15, 0.2) is 0 Å². The van der Waals surface area contributed by atoms with Crippen molar-refractivity contribution in [3.8, 4) is 0 Å². The number of piperidine rings is 2. The monoisotopic (exact) mass is 445 g/mol. The Hall–Kier alpha value is -2.72. The number of carbonyl (C=O) groups is 2. The van der Waals surface area contributed by atoms with Crippen molar-refractivity contribution in [2.45, 2.75) is 38.0 Å². The first-order chi connectivity index (χ1) is 15.5. The number of hydrogen-bond acceptors (Lipinski definition) is 6. The number of nitrogens with one attached hydrogen (secondary N) is 1. The maximum Gasteiger partial charge on any atom is 0.348 e. The molecule has 5 rings (SSSR count). The smallest absolute Gasteiger partial charge is 0.348 e. The molecule has 0 bridgehead atoms. The normalized spacial score (nSPS) is 24.9. The van der Waals surface area contributed by atoms with Gasteiger partial charge < -0.3 is 15.0 Å². The van der Waals surface area contributed by atoms with Crippen LogP contribution in [0.25, 0.3) is 11.0 Å². The van der Waals surface area contributed by atoms with E-state index in [1.54, 1.807) is 13.1 Å². The van der Waals surface area contributed by atoms with Crippen molar-refractivity contribution in [3.05, 3.63) is 28.7 Å². The summed E-state index contributed by atoms with van der Waals surface area (Å²) in [5.74, 6) is -0.422. The van der Waals surface area contributed by atoms with Gasteiger partial charge in [0.25, 0.3) is 0 Å². The van der Waals surface area contributed by atoms with E-state index in [9.17, 15) is 18.8 Å². The molecule has 3 fully saturated rings. The largest absolute Gasteiger partial charge is 0.375 e. The van der Waals surface area contributed by atoms with Crippen LogP contribution in [0.3, 0.4) is 0 Å². The summed E-state index contributed by atoms with van der Waals surface area (Å²) in [6.45, 7) is 3.10. The van der Waals surface area contributed by atoms with Crippen LogP contribution in [0.15, 0.2) is 23.0 Å². The molecule has 32 heavy (non-hydrogen) atoms. The van der Waals surface area contributed by atoms with Gasteiger partial charge in [0.2, 0.25) is 11.8 Å². The molecule has 1 N–H and O–H groups in total. The van der Waals surface area contributed by atoms with E-state index in [1.807, 2.05) is 12.1 Å². The van der Waals surface area contributed by atoms with Crippen LogP contribution in [0, 0.1) is 5.92 Å². The lowest BCUT2D eigenvalue weighted by Crippen LogP contribution is -2.52. The number of anilines is 1. The van der Waals surface area contributed by atoms with Crippen molar-refractivity contribution in [1.82, 2.24) is 14.6 Å². The lowest BCUT2D eigenvalue weighted by atomic mass is 9.99. The Labute approximate surface area is 184 Å². The minimum absolute atomic E-state index is 0.249. The molecule has 172 valence electrons. The summed E-state index contributed by atoms with van der Waals surface area (Å²) < 4.78 is 22.5. The van der Waals surface area contributed by atoms with Crippen LogP contribution >= 0.6 is 0 Å². The number of para-hydroxylation sites is 1. The third kappa shape index (κ3) is 3.51. The molecule has 3 saturated heterocycles. The van der Waals surface area contributed by atoms with Crippen LogP contribution in [0.5, 0.6) is 0 Å². The summed E-state index contributed by atoms with van der Waals surface area (Å²) >= 11 is 0. The number of nitrogens with zero attached hydrogens (tertiary/aromatic N) is 4. The fraction of sp³-hybridized carbons (Fsp3) is 0.591. The van der Waals surface area contributed by atoms with Gasteiger partial charge in [-0.15, -0.1) is 0 Å². The molecule has 2 amide bonds. The van der Waals surface area contributed by atoms with Crippen molar-refractivity contribution in [2.24, 2.45) is 13.0 Å². The standard InChI is InChI=1S/C22H28FN5O4/c1-25-21-16(26-11-14(12-26)13-32-18-8-9-24-10-15(18)23)4-2-5-17(21)27(22(25)31)28-19(29)6-3-7-20(28)30/h2,4-5,14-15,18,24H,3,6-13H2,1H3/t15-,18+/m1/s1. The molecule has 3 aliphatic heterocycles. The van der Waals surface area contributed by atoms with E-state index in [4.69, 9.17) is 4.74 Å². The number of hydrogen-bond donors (Lipinski definition) is 1. The molecule has 9 nitrogen and oxygen atoms in total. The Morgan fingerprint density at radius 1 is 1.16 bits per heavy atom. The number of fused-ring (bicyclic) bond motifs is 1. The van der Waals surface area contributed by atoms with Crippen molar-refractivity contribution < 1.29 is 18.7 Å². The minimum Gasteiger partial charge on any atom is -0.375 e. The molecule has 0 aliphatic carbocycles. The lowest BCUT2D eigenvalue weighted by molar-refractivity contribution is -0.131. The summed E-state index contributed by atoms with van der Waals surface area (Å²) in [6.07, 6.45) is 0.376. The maximum atomic E-state index is 13.9. The van der Waals surface area contributed by atoms with Crippen molar-refractivity contribution in [1.29, 1.82) is 0 Å². The number of halogens is 1. The number of rotatable bonds is 5. The van der Waals surface area contributed by atoms with Crippen LogP contribution in [-0.2, 0) is 21.4 Å². The molecular formula is C22H28FN5O4. The van der Waals surface area contributed by atoms with Gasteiger partial charge in [-0.25, -0.2) is 9.18 Å². The summed E-state index contributed by atoms with van der Waals surface area (Å²) in [4.78, 5) is 40.1. The number of aryl methyl sites for hydroxylation is 1. The predicted octanol–water partition coefficient (Wildman–Crippen LogP) is 0.668. The molecule has 1 aromatic heterocycles. The predicted molar refractivity (Wildman–Crippen MR) is 117 cm³/mol. The van der Waals surface area contributed by atoms with Gasteiger partial charge in [-0.2, -0.15) is 9.69 Å². The molecule has 0 unspecified atom stereocenters. The zero-order valence-corrected chi connectivity index (χ0v) is 18.1. The fourth-order valence-electron chi connectivity index (χ4n) is 4.90. The number of carbonyl (C=O) groups excluding carboxylic acids is 2. The molecule has 4 heterocycles. The highest BCUT2D eigenvalue weighted by Gasteiger charge is 2.34. The van der Waals surface area contributed by atoms with E-state index in [-0.39, 0.29) is 36.7 Å². The Bertz CT molecular complexity index is 1090. The third-order valence-electron chi connectivity index (χ3n) is 6.67. The molecular weight excluding hydrogens is 417 g/mol. The Kier molecular flexibility index (Phi) is 5.50. The molecule has 0 radical (unpaired) electrons. The number of amides is 2. The number of imidazole rings is 1. The molecule has 2 aromatic rings. The van der Waals surface area contributed by atoms with Crippen LogP contribution in [0.4, 0.5) is 10.1 Å². The van der Waals surface area contributed by atoms with Crippen molar-refractivity contribution >= 4 is 28.5 Å². The quantitative estimate of drug-likeness (QED) is 0.681. The summed E-state index contributed by atoms with van der Waals surface area (Å²) in [5, 5.41) is 4.03. The molecule has 2 atom stereocenters. The SMILES string of the molecule is Cn1c(=O)n(N2C(=O)CCCC2=O)c2cccc(N3CC(CO[C@H]4CCNC[C@H]4F)C3)c21. The zero-order valence-electron chi connectivity index (χ0n) is 18.1. The number of imide groups is 1. The number of ether oxygens (including phenoxy) is 1. The molecule has 3 aliphatic rings. The summed E-state index contributed by atoms with van der Waals surface area (Å²) in [6, 6.07) is 5.53. The number of aromatic nitrogens is 2. The molecule has 0 spiro atoms. The van der Waals surface area contributed by atoms with Crippen LogP contribution in [0.2, 0.25) is 0 Å². The maximum absolute atomic E-state index is 13.9. The van der Waals surface area contributed by atoms with Gasteiger partial charge in [-0.3, -0.25) is 14.2 Å². The van der Waals surface area contributed by atoms with Gasteiger partial charge in [0, 0.05) is 45.4 Å². The van der Waals surface area contributed by atoms with Gasteiger partial charge in [-0.1, -0.05) is 6.07 Å². The van der Waals surface area contributed by atoms with Gasteiger partial charge >= 0.3 is 5.69 Å². The Morgan fingerprint density at radius 3 is 2.62 bits per heavy atom. The van der Waals surface area contributed by atoms with E-state index in [0.29, 0.717) is 37.0 Å². The van der Waals surface area contributed by atoms with Crippen LogP contribution in [0.1, 0.15) is 25.7 Å². The van der Waals surface area contributed by atoms with Crippen LogP contribution in [-0.4, -0.2) is 66.1 Å². The highest BCUT2D eigenvalue weighted by molar-refractivity contribution is 6.11. The minimum atomic E-state index is -0.969. The van der Waals surface area contributed by atoms with E-state index >= 15 is 0 Å². The summed E-state index contributed by atoms with van der Waals surface area (Å²) in [7, 11) is 1.66. The lowest BCUT2D eigenvalue weighted by Gasteiger charge is -2.42. The van der Waals surface area contributed by atoms with E-state index in [0.717, 1.165) is 30.3 Å². The number of benzene rings is 1. The van der Waals surface area contributed by atoms with Gasteiger partial charge in [0.05, 0.1) is 29.4 Å². The van der Waals surface area contributed by atoms with Gasteiger partial charge in [0.1, 0.15) is 6.17 Å². The zero-order chi connectivity index (χ0) is 22.4. The average molecular weight is 445 g/mol.